The lowest BCUT2D eigenvalue weighted by atomic mass is 9.88. The fourth-order valence-corrected chi connectivity index (χ4v) is 5.49. The van der Waals surface area contributed by atoms with Crippen LogP contribution in [-0.2, 0) is 22.6 Å². The van der Waals surface area contributed by atoms with Gasteiger partial charge < -0.3 is 0 Å². The van der Waals surface area contributed by atoms with Crippen molar-refractivity contribution in [3.05, 3.63) is 71.1 Å². The third-order valence-electron chi connectivity index (χ3n) is 7.55. The number of likely N-dealkylation sites (tertiary alicyclic amines) is 1. The molecule has 8 nitrogen and oxygen atoms in total. The molecule has 0 spiro atoms. The Balaban J connectivity index is 1.19. The molecule has 1 atom stereocenters. The maximum atomic E-state index is 13.3. The lowest BCUT2D eigenvalue weighted by molar-refractivity contribution is -0.136. The van der Waals surface area contributed by atoms with E-state index in [2.05, 4.69) is 27.8 Å². The zero-order valence-corrected chi connectivity index (χ0v) is 20.2. The van der Waals surface area contributed by atoms with Crippen LogP contribution in [0.5, 0.6) is 0 Å². The minimum absolute atomic E-state index is 0.117. The van der Waals surface area contributed by atoms with Crippen LogP contribution < -0.4 is 5.32 Å². The molecule has 2 saturated heterocycles. The van der Waals surface area contributed by atoms with Gasteiger partial charge in [0.25, 0.3) is 11.8 Å². The summed E-state index contributed by atoms with van der Waals surface area (Å²) in [6.07, 6.45) is 7.76. The highest BCUT2D eigenvalue weighted by atomic mass is 16.2. The first kappa shape index (κ1) is 24.1. The molecule has 1 aromatic heterocycles. The number of fused-ring (bicyclic) bond motifs is 1. The number of imide groups is 2. The van der Waals surface area contributed by atoms with E-state index in [1.54, 1.807) is 12.1 Å². The number of aromatic nitrogens is 1. The minimum atomic E-state index is -0.935. The van der Waals surface area contributed by atoms with Crippen molar-refractivity contribution in [2.24, 2.45) is 5.92 Å². The van der Waals surface area contributed by atoms with E-state index >= 15 is 0 Å². The maximum absolute atomic E-state index is 13.3. The van der Waals surface area contributed by atoms with Crippen LogP contribution in [0.4, 0.5) is 0 Å². The molecule has 0 radical (unpaired) electrons. The normalized spacial score (nSPS) is 21.0. The van der Waals surface area contributed by atoms with Gasteiger partial charge in [0.1, 0.15) is 6.04 Å². The van der Waals surface area contributed by atoms with Crippen LogP contribution in [0.2, 0.25) is 0 Å². The molecule has 2 fully saturated rings. The Morgan fingerprint density at radius 1 is 1.03 bits per heavy atom. The fraction of sp³-hybridized carbons (Fsp3) is 0.393. The van der Waals surface area contributed by atoms with Crippen molar-refractivity contribution in [2.45, 2.75) is 51.1 Å². The molecule has 186 valence electrons. The monoisotopic (exact) mass is 486 g/mol. The number of carbonyl (C=O) groups is 4. The molecule has 5 rings (SSSR count). The number of aryl methyl sites for hydroxylation is 1. The van der Waals surface area contributed by atoms with Crippen LogP contribution in [0.25, 0.3) is 6.08 Å². The molecule has 4 heterocycles. The molecule has 1 N–H and O–H groups in total. The van der Waals surface area contributed by atoms with Crippen molar-refractivity contribution in [3.63, 3.8) is 0 Å². The number of hydrogen-bond donors (Lipinski definition) is 1. The average Bonchev–Trinajstić information content (AvgIpc) is 3.14. The van der Waals surface area contributed by atoms with Crippen LogP contribution in [0.1, 0.15) is 69.6 Å². The molecule has 1 unspecified atom stereocenters. The average molecular weight is 487 g/mol. The van der Waals surface area contributed by atoms with E-state index in [1.807, 2.05) is 24.4 Å². The van der Waals surface area contributed by atoms with Gasteiger partial charge in [-0.05, 0) is 80.4 Å². The zero-order chi connectivity index (χ0) is 25.2. The molecule has 36 heavy (non-hydrogen) atoms. The number of piperidine rings is 2. The summed E-state index contributed by atoms with van der Waals surface area (Å²) in [6, 6.07) is 8.52. The van der Waals surface area contributed by atoms with Crippen molar-refractivity contribution >= 4 is 29.7 Å². The van der Waals surface area contributed by atoms with Crippen molar-refractivity contribution in [3.8, 4) is 0 Å². The van der Waals surface area contributed by atoms with Crippen LogP contribution >= 0.6 is 0 Å². The van der Waals surface area contributed by atoms with Gasteiger partial charge in [-0.2, -0.15) is 0 Å². The number of nitrogens with zero attached hydrogens (tertiary/aromatic N) is 3. The van der Waals surface area contributed by atoms with Gasteiger partial charge in [0.2, 0.25) is 11.8 Å². The van der Waals surface area contributed by atoms with Gasteiger partial charge in [0.05, 0.1) is 16.8 Å². The summed E-state index contributed by atoms with van der Waals surface area (Å²) >= 11 is 0. The third kappa shape index (κ3) is 4.73. The number of rotatable bonds is 7. The Morgan fingerprint density at radius 3 is 2.53 bits per heavy atom. The molecule has 8 heteroatoms. The number of benzene rings is 1. The van der Waals surface area contributed by atoms with E-state index in [0.29, 0.717) is 23.5 Å². The van der Waals surface area contributed by atoms with Gasteiger partial charge in [0, 0.05) is 19.2 Å². The smallest absolute Gasteiger partial charge is 0.262 e. The Morgan fingerprint density at radius 2 is 1.83 bits per heavy atom. The van der Waals surface area contributed by atoms with Gasteiger partial charge in [0.15, 0.2) is 0 Å². The first-order valence-electron chi connectivity index (χ1n) is 12.6. The number of hydrogen-bond acceptors (Lipinski definition) is 6. The van der Waals surface area contributed by atoms with Crippen LogP contribution in [0.3, 0.4) is 0 Å². The van der Waals surface area contributed by atoms with E-state index in [4.69, 9.17) is 0 Å². The van der Waals surface area contributed by atoms with Gasteiger partial charge in [-0.1, -0.05) is 24.8 Å². The SMILES string of the molecule is C=Cc1ccc(CN2CCC(CCc3cccc4c3C(=O)N(C3CCC(=O)NC3=O)C4=O)CC2)cn1. The summed E-state index contributed by atoms with van der Waals surface area (Å²) < 4.78 is 0. The summed E-state index contributed by atoms with van der Waals surface area (Å²) in [6.45, 7) is 6.66. The number of carbonyl (C=O) groups excluding carboxylic acids is 4. The first-order chi connectivity index (χ1) is 17.4. The van der Waals surface area contributed by atoms with Crippen LogP contribution in [0.15, 0.2) is 43.1 Å². The predicted molar refractivity (Wildman–Crippen MR) is 134 cm³/mol. The second kappa shape index (κ2) is 10.1. The molecule has 0 aliphatic carbocycles. The topological polar surface area (TPSA) is 99.7 Å². The van der Waals surface area contributed by atoms with Crippen molar-refractivity contribution in [2.75, 3.05) is 13.1 Å². The Hall–Kier alpha value is -3.65. The molecule has 1 aromatic carbocycles. The molecule has 3 aliphatic rings. The number of pyridine rings is 1. The van der Waals surface area contributed by atoms with Gasteiger partial charge in [-0.3, -0.25) is 39.3 Å². The highest BCUT2D eigenvalue weighted by Crippen LogP contribution is 2.32. The first-order valence-corrected chi connectivity index (χ1v) is 12.6. The summed E-state index contributed by atoms with van der Waals surface area (Å²) in [5.41, 5.74) is 3.71. The molecular weight excluding hydrogens is 456 g/mol. The molecule has 2 aromatic rings. The van der Waals surface area contributed by atoms with E-state index < -0.39 is 23.8 Å². The molecule has 4 amide bonds. The number of amides is 4. The van der Waals surface area contributed by atoms with E-state index in [1.165, 1.54) is 5.56 Å². The summed E-state index contributed by atoms with van der Waals surface area (Å²) in [4.78, 5) is 58.0. The van der Waals surface area contributed by atoms with Crippen molar-refractivity contribution in [1.82, 2.24) is 20.1 Å². The lowest BCUT2D eigenvalue weighted by Crippen LogP contribution is -2.54. The van der Waals surface area contributed by atoms with E-state index in [0.717, 1.165) is 55.1 Å². The van der Waals surface area contributed by atoms with Gasteiger partial charge >= 0.3 is 0 Å². The Labute approximate surface area is 210 Å². The molecule has 0 bridgehead atoms. The molecule has 3 aliphatic heterocycles. The summed E-state index contributed by atoms with van der Waals surface area (Å²) in [5, 5.41) is 2.25. The Bertz CT molecular complexity index is 1210. The lowest BCUT2D eigenvalue weighted by Gasteiger charge is -2.32. The minimum Gasteiger partial charge on any atom is -0.299 e. The largest absolute Gasteiger partial charge is 0.299 e. The zero-order valence-electron chi connectivity index (χ0n) is 20.2. The summed E-state index contributed by atoms with van der Waals surface area (Å²) in [7, 11) is 0. The second-order valence-electron chi connectivity index (χ2n) is 9.84. The van der Waals surface area contributed by atoms with Crippen molar-refractivity contribution < 1.29 is 19.2 Å². The van der Waals surface area contributed by atoms with Gasteiger partial charge in [-0.25, -0.2) is 0 Å². The highest BCUT2D eigenvalue weighted by Gasteiger charge is 2.45. The van der Waals surface area contributed by atoms with Gasteiger partial charge in [-0.15, -0.1) is 0 Å². The molecule has 0 saturated carbocycles. The fourth-order valence-electron chi connectivity index (χ4n) is 5.49. The second-order valence-corrected chi connectivity index (χ2v) is 9.84. The standard InChI is InChI=1S/C28H30N4O4/c1-2-21-9-7-19(16-29-21)17-31-14-12-18(13-15-31)6-8-20-4-3-5-22-25(20)28(36)32(27(22)35)23-10-11-24(33)30-26(23)34/h2-5,7,9,16,18,23H,1,6,8,10-15,17H2,(H,30,33,34). The third-order valence-corrected chi connectivity index (χ3v) is 7.55. The van der Waals surface area contributed by atoms with Crippen LogP contribution in [-0.4, -0.2) is 57.5 Å². The number of nitrogens with one attached hydrogen (secondary N) is 1. The van der Waals surface area contributed by atoms with E-state index in [9.17, 15) is 19.2 Å². The Kier molecular flexibility index (Phi) is 6.78. The quantitative estimate of drug-likeness (QED) is 0.604. The van der Waals surface area contributed by atoms with Crippen LogP contribution in [0, 0.1) is 5.92 Å². The van der Waals surface area contributed by atoms with Crippen molar-refractivity contribution in [1.29, 1.82) is 0 Å². The maximum Gasteiger partial charge on any atom is 0.262 e. The predicted octanol–water partition coefficient (Wildman–Crippen LogP) is 2.97. The van der Waals surface area contributed by atoms with E-state index in [-0.39, 0.29) is 18.7 Å². The summed E-state index contributed by atoms with van der Waals surface area (Å²) in [5.74, 6) is -1.28. The highest BCUT2D eigenvalue weighted by molar-refractivity contribution is 6.24. The molecular formula is C28H30N4O4.